The Labute approximate surface area is 143 Å². The quantitative estimate of drug-likeness (QED) is 0.774. The summed E-state index contributed by atoms with van der Waals surface area (Å²) in [7, 11) is 0. The Morgan fingerprint density at radius 1 is 1.00 bits per heavy atom. The van der Waals surface area contributed by atoms with Crippen LogP contribution < -0.4 is 14.8 Å². The van der Waals surface area contributed by atoms with Gasteiger partial charge < -0.3 is 14.8 Å². The Hall–Kier alpha value is -2.70. The van der Waals surface area contributed by atoms with Gasteiger partial charge in [-0.25, -0.2) is 0 Å². The molecule has 0 fully saturated rings. The predicted octanol–water partition coefficient (Wildman–Crippen LogP) is 3.63. The Morgan fingerprint density at radius 2 is 1.60 bits per heavy atom. The number of carbonyl (C=O) groups is 1. The lowest BCUT2D eigenvalue weighted by molar-refractivity contribution is -0.274. The van der Waals surface area contributed by atoms with Gasteiger partial charge in [0.1, 0.15) is 18.1 Å². The molecule has 0 spiro atoms. The highest BCUT2D eigenvalue weighted by Crippen LogP contribution is 2.22. The molecular formula is C18H18F3NO3. The van der Waals surface area contributed by atoms with Crippen LogP contribution in [0.3, 0.4) is 0 Å². The molecule has 0 aliphatic carbocycles. The highest BCUT2D eigenvalue weighted by molar-refractivity contribution is 5.78. The summed E-state index contributed by atoms with van der Waals surface area (Å²) >= 11 is 0. The first-order chi connectivity index (χ1) is 11.8. The largest absolute Gasteiger partial charge is 0.573 e. The molecule has 7 heteroatoms. The lowest BCUT2D eigenvalue weighted by Crippen LogP contribution is -2.29. The van der Waals surface area contributed by atoms with Crippen LogP contribution in [0.5, 0.6) is 11.5 Å². The number of nitrogens with one attached hydrogen (secondary N) is 1. The lowest BCUT2D eigenvalue weighted by Gasteiger charge is -2.10. The van der Waals surface area contributed by atoms with Crippen LogP contribution in [0, 0.1) is 6.92 Å². The minimum absolute atomic E-state index is 0.0663. The summed E-state index contributed by atoms with van der Waals surface area (Å²) in [6, 6.07) is 12.8. The van der Waals surface area contributed by atoms with Gasteiger partial charge >= 0.3 is 6.36 Å². The van der Waals surface area contributed by atoms with E-state index in [9.17, 15) is 18.0 Å². The van der Waals surface area contributed by atoms with Gasteiger partial charge in [-0.05, 0) is 36.8 Å². The van der Waals surface area contributed by atoms with Gasteiger partial charge in [-0.2, -0.15) is 0 Å². The molecule has 0 saturated heterocycles. The lowest BCUT2D eigenvalue weighted by atomic mass is 10.1. The van der Waals surface area contributed by atoms with Crippen molar-refractivity contribution in [2.45, 2.75) is 19.7 Å². The summed E-state index contributed by atoms with van der Waals surface area (Å²) in [5.74, 6) is 0.167. The van der Waals surface area contributed by atoms with Crippen molar-refractivity contribution in [1.29, 1.82) is 0 Å². The van der Waals surface area contributed by atoms with Crippen molar-refractivity contribution in [3.63, 3.8) is 0 Å². The topological polar surface area (TPSA) is 47.6 Å². The molecule has 0 radical (unpaired) electrons. The van der Waals surface area contributed by atoms with E-state index in [0.29, 0.717) is 18.7 Å². The van der Waals surface area contributed by atoms with Crippen molar-refractivity contribution >= 4 is 5.91 Å². The molecule has 0 saturated carbocycles. The van der Waals surface area contributed by atoms with Crippen LogP contribution >= 0.6 is 0 Å². The number of benzene rings is 2. The summed E-state index contributed by atoms with van der Waals surface area (Å²) in [6.45, 7) is 2.64. The number of hydrogen-bond donors (Lipinski definition) is 1. The molecule has 1 N–H and O–H groups in total. The van der Waals surface area contributed by atoms with Crippen molar-refractivity contribution in [2.75, 3.05) is 13.2 Å². The van der Waals surface area contributed by atoms with E-state index in [1.165, 1.54) is 24.3 Å². The molecule has 0 heterocycles. The highest BCUT2D eigenvalue weighted by Gasteiger charge is 2.30. The third-order valence-electron chi connectivity index (χ3n) is 3.24. The average Bonchev–Trinajstić information content (AvgIpc) is 2.54. The van der Waals surface area contributed by atoms with Crippen LogP contribution in [-0.2, 0) is 11.2 Å². The smallest absolute Gasteiger partial charge is 0.492 e. The fourth-order valence-electron chi connectivity index (χ4n) is 2.05. The molecule has 2 aromatic carbocycles. The van der Waals surface area contributed by atoms with E-state index in [0.717, 1.165) is 11.3 Å². The van der Waals surface area contributed by atoms with Crippen LogP contribution in [0.1, 0.15) is 11.1 Å². The summed E-state index contributed by atoms with van der Waals surface area (Å²) < 4.78 is 45.5. The van der Waals surface area contributed by atoms with Crippen molar-refractivity contribution < 1.29 is 27.4 Å². The molecule has 25 heavy (non-hydrogen) atoms. The minimum Gasteiger partial charge on any atom is -0.492 e. The monoisotopic (exact) mass is 353 g/mol. The Morgan fingerprint density at radius 3 is 2.20 bits per heavy atom. The summed E-state index contributed by atoms with van der Waals surface area (Å²) in [6.07, 6.45) is -4.66. The average molecular weight is 353 g/mol. The number of carbonyl (C=O) groups excluding carboxylic acids is 1. The third-order valence-corrected chi connectivity index (χ3v) is 3.24. The molecule has 0 bridgehead atoms. The fourth-order valence-corrected chi connectivity index (χ4v) is 2.05. The van der Waals surface area contributed by atoms with E-state index < -0.39 is 6.36 Å². The van der Waals surface area contributed by atoms with Gasteiger partial charge in [-0.15, -0.1) is 13.2 Å². The third kappa shape index (κ3) is 7.15. The molecule has 1 amide bonds. The van der Waals surface area contributed by atoms with Crippen LogP contribution in [0.4, 0.5) is 13.2 Å². The molecule has 2 aromatic rings. The van der Waals surface area contributed by atoms with Crippen molar-refractivity contribution in [2.24, 2.45) is 0 Å². The molecule has 134 valence electrons. The predicted molar refractivity (Wildman–Crippen MR) is 86.5 cm³/mol. The molecule has 0 unspecified atom stereocenters. The molecule has 0 aliphatic rings. The number of alkyl halides is 3. The minimum atomic E-state index is -4.73. The van der Waals surface area contributed by atoms with Gasteiger partial charge in [0.25, 0.3) is 0 Å². The second-order valence-electron chi connectivity index (χ2n) is 5.38. The summed E-state index contributed by atoms with van der Waals surface area (Å²) in [4.78, 5) is 11.8. The van der Waals surface area contributed by atoms with E-state index in [-0.39, 0.29) is 18.1 Å². The maximum absolute atomic E-state index is 12.1. The first-order valence-electron chi connectivity index (χ1n) is 7.63. The zero-order valence-corrected chi connectivity index (χ0v) is 13.6. The normalized spacial score (nSPS) is 11.0. The van der Waals surface area contributed by atoms with E-state index >= 15 is 0 Å². The highest BCUT2D eigenvalue weighted by atomic mass is 19.4. The number of amides is 1. The van der Waals surface area contributed by atoms with Crippen LogP contribution in [0.15, 0.2) is 48.5 Å². The molecule has 0 aliphatic heterocycles. The van der Waals surface area contributed by atoms with Gasteiger partial charge in [-0.1, -0.05) is 29.8 Å². The first kappa shape index (κ1) is 18.6. The zero-order valence-electron chi connectivity index (χ0n) is 13.6. The first-order valence-corrected chi connectivity index (χ1v) is 7.63. The van der Waals surface area contributed by atoms with E-state index in [1.54, 1.807) is 0 Å². The standard InChI is InChI=1S/C18H18F3NO3/c1-13-2-6-15(7-3-13)24-11-10-22-17(23)12-14-4-8-16(9-5-14)25-18(19,20)21/h2-9H,10-12H2,1H3,(H,22,23). The second kappa shape index (κ2) is 8.41. The molecule has 2 rings (SSSR count). The van der Waals surface area contributed by atoms with Crippen LogP contribution in [0.2, 0.25) is 0 Å². The van der Waals surface area contributed by atoms with Gasteiger partial charge in [0.15, 0.2) is 0 Å². The van der Waals surface area contributed by atoms with E-state index in [1.807, 2.05) is 31.2 Å². The zero-order chi connectivity index (χ0) is 18.3. The van der Waals surface area contributed by atoms with E-state index in [4.69, 9.17) is 4.74 Å². The second-order valence-corrected chi connectivity index (χ2v) is 5.38. The maximum Gasteiger partial charge on any atom is 0.573 e. The molecule has 4 nitrogen and oxygen atoms in total. The van der Waals surface area contributed by atoms with Gasteiger partial charge in [0, 0.05) is 0 Å². The SMILES string of the molecule is Cc1ccc(OCCNC(=O)Cc2ccc(OC(F)(F)F)cc2)cc1. The van der Waals surface area contributed by atoms with Gasteiger partial charge in [-0.3, -0.25) is 4.79 Å². The molecule has 0 aromatic heterocycles. The number of halogens is 3. The molecule has 0 atom stereocenters. The van der Waals surface area contributed by atoms with Crippen molar-refractivity contribution in [3.8, 4) is 11.5 Å². The van der Waals surface area contributed by atoms with Crippen LogP contribution in [0.25, 0.3) is 0 Å². The van der Waals surface area contributed by atoms with Gasteiger partial charge in [0.05, 0.1) is 13.0 Å². The van der Waals surface area contributed by atoms with E-state index in [2.05, 4.69) is 10.1 Å². The Balaban J connectivity index is 1.70. The maximum atomic E-state index is 12.1. The van der Waals surface area contributed by atoms with Gasteiger partial charge in [0.2, 0.25) is 5.91 Å². The number of rotatable bonds is 7. The summed E-state index contributed by atoms with van der Waals surface area (Å²) in [5, 5.41) is 2.69. The number of hydrogen-bond acceptors (Lipinski definition) is 3. The summed E-state index contributed by atoms with van der Waals surface area (Å²) in [5.41, 5.74) is 1.72. The number of ether oxygens (including phenoxy) is 2. The van der Waals surface area contributed by atoms with Crippen LogP contribution in [-0.4, -0.2) is 25.4 Å². The number of aryl methyl sites for hydroxylation is 1. The molecular weight excluding hydrogens is 335 g/mol. The fraction of sp³-hybridized carbons (Fsp3) is 0.278. The van der Waals surface area contributed by atoms with Crippen molar-refractivity contribution in [3.05, 3.63) is 59.7 Å². The van der Waals surface area contributed by atoms with Crippen molar-refractivity contribution in [1.82, 2.24) is 5.32 Å². The Bertz CT molecular complexity index is 682. The Kier molecular flexibility index (Phi) is 6.27.